The number of esters is 1. The summed E-state index contributed by atoms with van der Waals surface area (Å²) in [5.41, 5.74) is 1.45. The second kappa shape index (κ2) is 5.85. The molecule has 2 nitrogen and oxygen atoms in total. The van der Waals surface area contributed by atoms with Gasteiger partial charge in [-0.2, -0.15) is 0 Å². The monoisotopic (exact) mass is 234 g/mol. The molecule has 0 atom stereocenters. The highest BCUT2D eigenvalue weighted by atomic mass is 16.5. The molecule has 2 heteroatoms. The summed E-state index contributed by atoms with van der Waals surface area (Å²) in [5.74, 6) is 0.481. The zero-order chi connectivity index (χ0) is 12.9. The summed E-state index contributed by atoms with van der Waals surface area (Å²) in [6.07, 6.45) is 2.38. The maximum atomic E-state index is 11.3. The Labute approximate surface area is 104 Å². The molecule has 0 heterocycles. The summed E-state index contributed by atoms with van der Waals surface area (Å²) in [5, 5.41) is 0. The average molecular weight is 234 g/mol. The van der Waals surface area contributed by atoms with Crippen LogP contribution in [0.5, 0.6) is 5.75 Å². The van der Waals surface area contributed by atoms with Gasteiger partial charge in [0, 0.05) is 6.42 Å². The van der Waals surface area contributed by atoms with Gasteiger partial charge in [0.2, 0.25) is 0 Å². The Bertz CT molecular complexity index is 363. The van der Waals surface area contributed by atoms with E-state index >= 15 is 0 Å². The molecule has 0 fully saturated rings. The van der Waals surface area contributed by atoms with Gasteiger partial charge in [-0.25, -0.2) is 0 Å². The normalized spacial score (nSPS) is 11.3. The lowest BCUT2D eigenvalue weighted by molar-refractivity contribution is -0.134. The third-order valence-corrected chi connectivity index (χ3v) is 3.21. The van der Waals surface area contributed by atoms with E-state index in [1.807, 2.05) is 31.2 Å². The first-order valence-electron chi connectivity index (χ1n) is 6.31. The molecule has 0 saturated carbocycles. The van der Waals surface area contributed by atoms with E-state index in [2.05, 4.69) is 20.8 Å². The molecule has 94 valence electrons. The molecule has 0 aromatic heterocycles. The molecule has 0 radical (unpaired) electrons. The minimum Gasteiger partial charge on any atom is -0.427 e. The highest BCUT2D eigenvalue weighted by Crippen LogP contribution is 2.28. The smallest absolute Gasteiger partial charge is 0.311 e. The van der Waals surface area contributed by atoms with Crippen LogP contribution < -0.4 is 4.74 Å². The Kier molecular flexibility index (Phi) is 4.73. The fraction of sp³-hybridized carbons (Fsp3) is 0.533. The van der Waals surface area contributed by atoms with Crippen molar-refractivity contribution < 1.29 is 9.53 Å². The Balaban J connectivity index is 2.72. The summed E-state index contributed by atoms with van der Waals surface area (Å²) in [4.78, 5) is 11.3. The highest BCUT2D eigenvalue weighted by Gasteiger charge is 2.17. The van der Waals surface area contributed by atoms with Crippen LogP contribution in [0.2, 0.25) is 0 Å². The maximum absolute atomic E-state index is 11.3. The van der Waals surface area contributed by atoms with Crippen LogP contribution in [-0.2, 0) is 10.2 Å². The van der Waals surface area contributed by atoms with Gasteiger partial charge in [-0.1, -0.05) is 39.8 Å². The first kappa shape index (κ1) is 13.8. The van der Waals surface area contributed by atoms with E-state index in [-0.39, 0.29) is 11.4 Å². The number of carbonyl (C=O) groups is 1. The molecule has 0 saturated heterocycles. The minimum atomic E-state index is -0.157. The SMILES string of the molecule is CCCC(=O)Oc1ccc(C(C)(C)CC)cc1. The van der Waals surface area contributed by atoms with Gasteiger partial charge in [-0.05, 0) is 36.0 Å². The van der Waals surface area contributed by atoms with Crippen LogP contribution in [0.3, 0.4) is 0 Å². The quantitative estimate of drug-likeness (QED) is 0.567. The van der Waals surface area contributed by atoms with Crippen molar-refractivity contribution >= 4 is 5.97 Å². The van der Waals surface area contributed by atoms with Crippen molar-refractivity contribution in [3.05, 3.63) is 29.8 Å². The van der Waals surface area contributed by atoms with Gasteiger partial charge in [-0.3, -0.25) is 4.79 Å². The minimum absolute atomic E-state index is 0.157. The van der Waals surface area contributed by atoms with E-state index < -0.39 is 0 Å². The van der Waals surface area contributed by atoms with Crippen molar-refractivity contribution in [1.29, 1.82) is 0 Å². The largest absolute Gasteiger partial charge is 0.427 e. The molecule has 1 rings (SSSR count). The number of hydrogen-bond acceptors (Lipinski definition) is 2. The van der Waals surface area contributed by atoms with E-state index in [0.717, 1.165) is 12.8 Å². The third-order valence-electron chi connectivity index (χ3n) is 3.21. The molecular weight excluding hydrogens is 212 g/mol. The molecule has 17 heavy (non-hydrogen) atoms. The second-order valence-corrected chi connectivity index (χ2v) is 4.99. The topological polar surface area (TPSA) is 26.3 Å². The van der Waals surface area contributed by atoms with Gasteiger partial charge in [0.1, 0.15) is 5.75 Å². The van der Waals surface area contributed by atoms with E-state index in [1.54, 1.807) is 0 Å². The predicted octanol–water partition coefficient (Wildman–Crippen LogP) is 4.08. The Morgan fingerprint density at radius 3 is 2.24 bits per heavy atom. The summed E-state index contributed by atoms with van der Waals surface area (Å²) >= 11 is 0. The van der Waals surface area contributed by atoms with Crippen LogP contribution in [0.1, 0.15) is 52.5 Å². The molecule has 0 aliphatic carbocycles. The average Bonchev–Trinajstić information content (AvgIpc) is 2.30. The van der Waals surface area contributed by atoms with Gasteiger partial charge < -0.3 is 4.74 Å². The van der Waals surface area contributed by atoms with Gasteiger partial charge in [0.15, 0.2) is 0 Å². The first-order chi connectivity index (χ1) is 7.99. The Morgan fingerprint density at radius 1 is 1.18 bits per heavy atom. The Hall–Kier alpha value is -1.31. The fourth-order valence-corrected chi connectivity index (χ4v) is 1.56. The standard InChI is InChI=1S/C15H22O2/c1-5-7-14(16)17-13-10-8-12(9-11-13)15(3,4)6-2/h8-11H,5-7H2,1-4H3. The zero-order valence-corrected chi connectivity index (χ0v) is 11.2. The van der Waals surface area contributed by atoms with Crippen molar-refractivity contribution in [3.8, 4) is 5.75 Å². The van der Waals surface area contributed by atoms with E-state index in [4.69, 9.17) is 4.74 Å². The molecule has 0 aliphatic heterocycles. The molecule has 0 amide bonds. The van der Waals surface area contributed by atoms with E-state index in [0.29, 0.717) is 12.2 Å². The van der Waals surface area contributed by atoms with E-state index in [9.17, 15) is 4.79 Å². The molecule has 0 N–H and O–H groups in total. The maximum Gasteiger partial charge on any atom is 0.311 e. The lowest BCUT2D eigenvalue weighted by Crippen LogP contribution is -2.15. The van der Waals surface area contributed by atoms with Crippen molar-refractivity contribution in [2.24, 2.45) is 0 Å². The molecular formula is C15H22O2. The third kappa shape index (κ3) is 3.88. The summed E-state index contributed by atoms with van der Waals surface area (Å²) in [6, 6.07) is 7.83. The molecule has 0 aliphatic rings. The van der Waals surface area contributed by atoms with Crippen molar-refractivity contribution in [2.45, 2.75) is 52.4 Å². The van der Waals surface area contributed by atoms with Crippen molar-refractivity contribution in [2.75, 3.05) is 0 Å². The van der Waals surface area contributed by atoms with Gasteiger partial charge in [-0.15, -0.1) is 0 Å². The van der Waals surface area contributed by atoms with Crippen molar-refractivity contribution in [1.82, 2.24) is 0 Å². The Morgan fingerprint density at radius 2 is 1.76 bits per heavy atom. The summed E-state index contributed by atoms with van der Waals surface area (Å²) < 4.78 is 5.22. The van der Waals surface area contributed by atoms with Crippen molar-refractivity contribution in [3.63, 3.8) is 0 Å². The molecule has 0 unspecified atom stereocenters. The highest BCUT2D eigenvalue weighted by molar-refractivity contribution is 5.72. The lowest BCUT2D eigenvalue weighted by Gasteiger charge is -2.23. The lowest BCUT2D eigenvalue weighted by atomic mass is 9.82. The van der Waals surface area contributed by atoms with Gasteiger partial charge in [0.25, 0.3) is 0 Å². The zero-order valence-electron chi connectivity index (χ0n) is 11.2. The van der Waals surface area contributed by atoms with Crippen LogP contribution in [0, 0.1) is 0 Å². The number of benzene rings is 1. The molecule has 1 aromatic carbocycles. The fourth-order valence-electron chi connectivity index (χ4n) is 1.56. The van der Waals surface area contributed by atoms with Crippen LogP contribution in [0.25, 0.3) is 0 Å². The van der Waals surface area contributed by atoms with Gasteiger partial charge in [0.05, 0.1) is 0 Å². The molecule has 0 spiro atoms. The number of hydrogen-bond donors (Lipinski definition) is 0. The molecule has 0 bridgehead atoms. The van der Waals surface area contributed by atoms with Gasteiger partial charge >= 0.3 is 5.97 Å². The van der Waals surface area contributed by atoms with Crippen LogP contribution in [0.15, 0.2) is 24.3 Å². The predicted molar refractivity (Wildman–Crippen MR) is 70.3 cm³/mol. The number of rotatable bonds is 5. The summed E-state index contributed by atoms with van der Waals surface area (Å²) in [7, 11) is 0. The second-order valence-electron chi connectivity index (χ2n) is 4.99. The number of carbonyl (C=O) groups excluding carboxylic acids is 1. The van der Waals surface area contributed by atoms with Crippen LogP contribution in [-0.4, -0.2) is 5.97 Å². The van der Waals surface area contributed by atoms with E-state index in [1.165, 1.54) is 5.56 Å². The summed E-state index contributed by atoms with van der Waals surface area (Å²) in [6.45, 7) is 8.57. The molecule has 1 aromatic rings. The first-order valence-corrected chi connectivity index (χ1v) is 6.31. The van der Waals surface area contributed by atoms with Crippen LogP contribution in [0.4, 0.5) is 0 Å². The number of ether oxygens (including phenoxy) is 1. The van der Waals surface area contributed by atoms with Crippen LogP contribution >= 0.6 is 0 Å².